The molecule has 4 rings (SSSR count). The Morgan fingerprint density at radius 2 is 1.94 bits per heavy atom. The smallest absolute Gasteiger partial charge is 0.351 e. The van der Waals surface area contributed by atoms with Gasteiger partial charge in [0.15, 0.2) is 0 Å². The normalized spacial score (nSPS) is 19.8. The van der Waals surface area contributed by atoms with E-state index in [1.807, 2.05) is 6.07 Å². The molecule has 0 bridgehead atoms. The number of nitrogens with zero attached hydrogens (tertiary/aromatic N) is 2. The first-order chi connectivity index (χ1) is 16.5. The van der Waals surface area contributed by atoms with E-state index in [2.05, 4.69) is 10.3 Å². The van der Waals surface area contributed by atoms with Gasteiger partial charge in [0.05, 0.1) is 7.11 Å². The summed E-state index contributed by atoms with van der Waals surface area (Å²) in [4.78, 5) is 29.0. The second kappa shape index (κ2) is 10.5. The van der Waals surface area contributed by atoms with Crippen LogP contribution in [0.15, 0.2) is 83.3 Å². The molecule has 0 spiro atoms. The van der Waals surface area contributed by atoms with Crippen molar-refractivity contribution in [2.24, 2.45) is 0 Å². The van der Waals surface area contributed by atoms with Crippen LogP contribution in [0.1, 0.15) is 29.4 Å². The third kappa shape index (κ3) is 5.47. The molecule has 1 aliphatic heterocycles. The Balaban J connectivity index is 1.43. The summed E-state index contributed by atoms with van der Waals surface area (Å²) >= 11 is 5.88. The molecule has 0 radical (unpaired) electrons. The molecule has 1 saturated heterocycles. The molecule has 0 saturated carbocycles. The van der Waals surface area contributed by atoms with Crippen molar-refractivity contribution in [3.8, 4) is 11.5 Å². The minimum Gasteiger partial charge on any atom is -0.497 e. The van der Waals surface area contributed by atoms with Crippen molar-refractivity contribution in [3.05, 3.63) is 94.5 Å². The summed E-state index contributed by atoms with van der Waals surface area (Å²) in [6.07, 6.45) is 3.89. The minimum atomic E-state index is -0.800. The summed E-state index contributed by atoms with van der Waals surface area (Å²) in [6, 6.07) is 17.5. The number of benzene rings is 2. The quantitative estimate of drug-likeness (QED) is 0.513. The SMILES string of the molecule is COc1ccc(OC[C@]2(/C=C/Cl)CC[C@H](n3ccc(NC(=O)c4ccccc4)nc3=O)O2)cc1. The molecule has 0 aliphatic carbocycles. The first-order valence-electron chi connectivity index (χ1n) is 10.7. The fraction of sp³-hybridized carbons (Fsp3) is 0.240. The number of nitrogens with one attached hydrogen (secondary N) is 1. The van der Waals surface area contributed by atoms with E-state index in [1.165, 1.54) is 10.1 Å². The predicted octanol–water partition coefficient (Wildman–Crippen LogP) is 4.38. The summed E-state index contributed by atoms with van der Waals surface area (Å²) < 4.78 is 18.7. The highest BCUT2D eigenvalue weighted by Crippen LogP contribution is 2.37. The molecule has 1 N–H and O–H groups in total. The number of hydrogen-bond donors (Lipinski definition) is 1. The van der Waals surface area contributed by atoms with Gasteiger partial charge in [0, 0.05) is 17.3 Å². The second-order valence-electron chi connectivity index (χ2n) is 7.76. The summed E-state index contributed by atoms with van der Waals surface area (Å²) in [7, 11) is 1.60. The van der Waals surface area contributed by atoms with E-state index in [9.17, 15) is 9.59 Å². The average molecular weight is 482 g/mol. The van der Waals surface area contributed by atoms with Crippen LogP contribution in [-0.2, 0) is 4.74 Å². The van der Waals surface area contributed by atoms with E-state index in [0.717, 1.165) is 5.75 Å². The van der Waals surface area contributed by atoms with E-state index in [4.69, 9.17) is 25.8 Å². The number of methoxy groups -OCH3 is 1. The van der Waals surface area contributed by atoms with Crippen molar-refractivity contribution in [3.63, 3.8) is 0 Å². The van der Waals surface area contributed by atoms with Gasteiger partial charge in [-0.1, -0.05) is 29.8 Å². The Kier molecular flexibility index (Phi) is 7.30. The molecule has 34 heavy (non-hydrogen) atoms. The maximum Gasteiger partial charge on any atom is 0.351 e. The zero-order valence-electron chi connectivity index (χ0n) is 18.5. The number of halogens is 1. The molecule has 2 atom stereocenters. The van der Waals surface area contributed by atoms with Gasteiger partial charge in [0.25, 0.3) is 5.91 Å². The zero-order valence-corrected chi connectivity index (χ0v) is 19.3. The first-order valence-corrected chi connectivity index (χ1v) is 11.1. The number of amides is 1. The average Bonchev–Trinajstić information content (AvgIpc) is 3.28. The number of aromatic nitrogens is 2. The van der Waals surface area contributed by atoms with Crippen LogP contribution < -0.4 is 20.5 Å². The van der Waals surface area contributed by atoms with Gasteiger partial charge in [0.1, 0.15) is 35.8 Å². The van der Waals surface area contributed by atoms with Crippen molar-refractivity contribution in [1.29, 1.82) is 0 Å². The third-order valence-electron chi connectivity index (χ3n) is 5.51. The van der Waals surface area contributed by atoms with Gasteiger partial charge < -0.3 is 19.5 Å². The zero-order chi connectivity index (χ0) is 24.0. The molecular weight excluding hydrogens is 458 g/mol. The molecule has 9 heteroatoms. The largest absolute Gasteiger partial charge is 0.497 e. The third-order valence-corrected chi connectivity index (χ3v) is 5.64. The maximum atomic E-state index is 12.7. The molecule has 3 aromatic rings. The standard InChI is InChI=1S/C25H24ClN3O5/c1-32-19-7-9-20(10-8-19)33-17-25(14-15-26)13-11-22(34-25)29-16-12-21(28-24(29)31)27-23(30)18-5-3-2-4-6-18/h2-10,12,14-16,22H,11,13,17H2,1H3,(H,27,28,30,31)/b15-14+/t22-,25-/m1/s1. The molecule has 176 valence electrons. The fourth-order valence-electron chi connectivity index (χ4n) is 3.70. The molecular formula is C25H24ClN3O5. The highest BCUT2D eigenvalue weighted by molar-refractivity contribution is 6.25. The molecule has 1 amide bonds. The number of anilines is 1. The Hall–Kier alpha value is -3.62. The van der Waals surface area contributed by atoms with Crippen molar-refractivity contribution in [2.75, 3.05) is 19.0 Å². The highest BCUT2D eigenvalue weighted by atomic mass is 35.5. The Bertz CT molecular complexity index is 1210. The van der Waals surface area contributed by atoms with Crippen LogP contribution in [0.4, 0.5) is 5.82 Å². The van der Waals surface area contributed by atoms with Crippen LogP contribution in [-0.4, -0.2) is 34.8 Å². The van der Waals surface area contributed by atoms with Gasteiger partial charge >= 0.3 is 5.69 Å². The topological polar surface area (TPSA) is 91.7 Å². The van der Waals surface area contributed by atoms with E-state index in [1.54, 1.807) is 74.0 Å². The van der Waals surface area contributed by atoms with Crippen LogP contribution >= 0.6 is 11.6 Å². The number of ether oxygens (including phenoxy) is 3. The van der Waals surface area contributed by atoms with E-state index < -0.39 is 17.5 Å². The van der Waals surface area contributed by atoms with Gasteiger partial charge in [-0.3, -0.25) is 9.36 Å². The Morgan fingerprint density at radius 1 is 1.21 bits per heavy atom. The van der Waals surface area contributed by atoms with Crippen LogP contribution in [0.3, 0.4) is 0 Å². The second-order valence-corrected chi connectivity index (χ2v) is 8.01. The lowest BCUT2D eigenvalue weighted by molar-refractivity contribution is -0.0655. The summed E-state index contributed by atoms with van der Waals surface area (Å²) in [5.74, 6) is 1.22. The lowest BCUT2D eigenvalue weighted by Crippen LogP contribution is -2.35. The van der Waals surface area contributed by atoms with Crippen LogP contribution in [0.5, 0.6) is 11.5 Å². The Labute approximate surface area is 201 Å². The molecule has 1 aromatic heterocycles. The van der Waals surface area contributed by atoms with Gasteiger partial charge in [0.2, 0.25) is 0 Å². The van der Waals surface area contributed by atoms with Crippen LogP contribution in [0.2, 0.25) is 0 Å². The molecule has 2 aromatic carbocycles. The molecule has 1 fully saturated rings. The molecule has 8 nitrogen and oxygen atoms in total. The monoisotopic (exact) mass is 481 g/mol. The van der Waals surface area contributed by atoms with Gasteiger partial charge in [-0.15, -0.1) is 0 Å². The van der Waals surface area contributed by atoms with Crippen LogP contribution in [0.25, 0.3) is 0 Å². The summed E-state index contributed by atoms with van der Waals surface area (Å²) in [6.45, 7) is 0.215. The maximum absolute atomic E-state index is 12.7. The number of carbonyl (C=O) groups excluding carboxylic acids is 1. The summed E-state index contributed by atoms with van der Waals surface area (Å²) in [5, 5.41) is 2.64. The molecule has 1 aliphatic rings. The lowest BCUT2D eigenvalue weighted by Gasteiger charge is -2.26. The van der Waals surface area contributed by atoms with E-state index in [-0.39, 0.29) is 18.3 Å². The van der Waals surface area contributed by atoms with Crippen molar-refractivity contribution >= 4 is 23.3 Å². The van der Waals surface area contributed by atoms with Crippen molar-refractivity contribution in [1.82, 2.24) is 9.55 Å². The van der Waals surface area contributed by atoms with Gasteiger partial charge in [-0.05, 0) is 61.4 Å². The lowest BCUT2D eigenvalue weighted by atomic mass is 10.0. The van der Waals surface area contributed by atoms with Gasteiger partial charge in [-0.2, -0.15) is 4.98 Å². The van der Waals surface area contributed by atoms with Crippen LogP contribution in [0, 0.1) is 0 Å². The minimum absolute atomic E-state index is 0.169. The van der Waals surface area contributed by atoms with Crippen molar-refractivity contribution < 1.29 is 19.0 Å². The predicted molar refractivity (Wildman–Crippen MR) is 128 cm³/mol. The highest BCUT2D eigenvalue weighted by Gasteiger charge is 2.40. The number of carbonyl (C=O) groups is 1. The molecule has 2 heterocycles. The van der Waals surface area contributed by atoms with E-state index in [0.29, 0.717) is 24.2 Å². The number of rotatable bonds is 8. The number of hydrogen-bond acceptors (Lipinski definition) is 6. The van der Waals surface area contributed by atoms with Gasteiger partial charge in [-0.25, -0.2) is 4.79 Å². The fourth-order valence-corrected chi connectivity index (χ4v) is 3.93. The first kappa shape index (κ1) is 23.5. The molecule has 0 unspecified atom stereocenters. The van der Waals surface area contributed by atoms with Crippen molar-refractivity contribution in [2.45, 2.75) is 24.7 Å². The Morgan fingerprint density at radius 3 is 2.62 bits per heavy atom. The van der Waals surface area contributed by atoms with E-state index >= 15 is 0 Å². The summed E-state index contributed by atoms with van der Waals surface area (Å²) in [5.41, 5.74) is 0.536.